The van der Waals surface area contributed by atoms with Crippen molar-refractivity contribution < 1.29 is 0 Å². The zero-order valence-corrected chi connectivity index (χ0v) is 16.6. The lowest BCUT2D eigenvalue weighted by atomic mass is 9.97. The Morgan fingerprint density at radius 2 is 1.92 bits per heavy atom. The van der Waals surface area contributed by atoms with E-state index in [1.807, 2.05) is 18.3 Å². The number of hydrogen-bond acceptors (Lipinski definition) is 5. The van der Waals surface area contributed by atoms with E-state index in [0.717, 1.165) is 49.5 Å². The summed E-state index contributed by atoms with van der Waals surface area (Å²) < 4.78 is 0. The lowest BCUT2D eigenvalue weighted by Gasteiger charge is -2.37. The van der Waals surface area contributed by atoms with Gasteiger partial charge in [0.15, 0.2) is 5.11 Å². The van der Waals surface area contributed by atoms with Crippen molar-refractivity contribution in [2.45, 2.75) is 39.5 Å². The van der Waals surface area contributed by atoms with Gasteiger partial charge in [0, 0.05) is 37.6 Å². The van der Waals surface area contributed by atoms with Gasteiger partial charge < -0.3 is 15.1 Å². The summed E-state index contributed by atoms with van der Waals surface area (Å²) in [7, 11) is 0. The Morgan fingerprint density at radius 3 is 2.68 bits per heavy atom. The Morgan fingerprint density at radius 1 is 1.16 bits per heavy atom. The largest absolute Gasteiger partial charge is 0.363 e. The Bertz CT molecular complexity index is 792. The highest BCUT2D eigenvalue weighted by molar-refractivity contribution is 7.80. The van der Waals surface area contributed by atoms with Gasteiger partial charge in [0.1, 0.15) is 16.5 Å². The number of rotatable bonds is 2. The first-order chi connectivity index (χ1) is 12.2. The fraction of sp³-hybridized carbons (Fsp3) is 0.611. The standard InChI is InChI=1S/C18H25N5S2/c1-3-19-18(24)23-10-8-22(9-11-23)16-15-13-6-4-5-7-14(13)25-17(15)21-12(2)20-16/h3-11H2,1-2H3,(H,19,24). The van der Waals surface area contributed by atoms with Gasteiger partial charge in [0.25, 0.3) is 0 Å². The number of nitrogens with zero attached hydrogens (tertiary/aromatic N) is 4. The number of aromatic nitrogens is 2. The average molecular weight is 376 g/mol. The molecule has 2 aromatic heterocycles. The van der Waals surface area contributed by atoms with Gasteiger partial charge in [-0.3, -0.25) is 0 Å². The summed E-state index contributed by atoms with van der Waals surface area (Å²) in [4.78, 5) is 17.0. The second-order valence-electron chi connectivity index (χ2n) is 6.80. The molecule has 1 aliphatic carbocycles. The molecule has 2 aliphatic rings. The molecular formula is C18H25N5S2. The van der Waals surface area contributed by atoms with Crippen LogP contribution in [0.5, 0.6) is 0 Å². The monoisotopic (exact) mass is 375 g/mol. The smallest absolute Gasteiger partial charge is 0.169 e. The van der Waals surface area contributed by atoms with Crippen molar-refractivity contribution in [1.82, 2.24) is 20.2 Å². The summed E-state index contributed by atoms with van der Waals surface area (Å²) in [5.74, 6) is 2.03. The third kappa shape index (κ3) is 3.19. The van der Waals surface area contributed by atoms with Crippen LogP contribution in [0.25, 0.3) is 10.2 Å². The maximum atomic E-state index is 5.46. The summed E-state index contributed by atoms with van der Waals surface area (Å²) in [6.07, 6.45) is 4.98. The number of piperazine rings is 1. The molecule has 1 fully saturated rings. The first-order valence-electron chi connectivity index (χ1n) is 9.24. The fourth-order valence-electron chi connectivity index (χ4n) is 3.86. The quantitative estimate of drug-likeness (QED) is 0.815. The molecule has 0 radical (unpaired) electrons. The van der Waals surface area contributed by atoms with Gasteiger partial charge in [0.05, 0.1) is 5.39 Å². The number of anilines is 1. The van der Waals surface area contributed by atoms with Crippen LogP contribution in [-0.4, -0.2) is 52.7 Å². The van der Waals surface area contributed by atoms with E-state index < -0.39 is 0 Å². The van der Waals surface area contributed by atoms with Crippen LogP contribution < -0.4 is 10.2 Å². The van der Waals surface area contributed by atoms with Crippen molar-refractivity contribution in [2.75, 3.05) is 37.6 Å². The van der Waals surface area contributed by atoms with Crippen molar-refractivity contribution in [3.05, 3.63) is 16.3 Å². The van der Waals surface area contributed by atoms with E-state index in [0.29, 0.717) is 0 Å². The third-order valence-electron chi connectivity index (χ3n) is 5.10. The van der Waals surface area contributed by atoms with Gasteiger partial charge in [-0.05, 0) is 57.3 Å². The summed E-state index contributed by atoms with van der Waals surface area (Å²) >= 11 is 7.35. The molecule has 0 aromatic carbocycles. The molecule has 134 valence electrons. The lowest BCUT2D eigenvalue weighted by Crippen LogP contribution is -2.52. The zero-order chi connectivity index (χ0) is 17.4. The van der Waals surface area contributed by atoms with Crippen molar-refractivity contribution in [3.8, 4) is 0 Å². The van der Waals surface area contributed by atoms with Crippen molar-refractivity contribution in [3.63, 3.8) is 0 Å². The Labute approximate surface area is 158 Å². The predicted octanol–water partition coefficient (Wildman–Crippen LogP) is 2.89. The van der Waals surface area contributed by atoms with Crippen LogP contribution in [0.4, 0.5) is 5.82 Å². The second kappa shape index (κ2) is 7.03. The highest BCUT2D eigenvalue weighted by atomic mass is 32.1. The van der Waals surface area contributed by atoms with E-state index in [-0.39, 0.29) is 0 Å². The minimum atomic E-state index is 0.874. The van der Waals surface area contributed by atoms with Crippen LogP contribution in [0.15, 0.2) is 0 Å². The molecule has 1 saturated heterocycles. The van der Waals surface area contributed by atoms with Crippen LogP contribution in [0.1, 0.15) is 36.0 Å². The molecule has 0 bridgehead atoms. The van der Waals surface area contributed by atoms with Crippen molar-refractivity contribution in [2.24, 2.45) is 0 Å². The van der Waals surface area contributed by atoms with E-state index in [4.69, 9.17) is 22.2 Å². The first kappa shape index (κ1) is 17.0. The van der Waals surface area contributed by atoms with Gasteiger partial charge in [-0.25, -0.2) is 9.97 Å². The molecule has 5 nitrogen and oxygen atoms in total. The number of aryl methyl sites for hydroxylation is 3. The molecule has 1 N–H and O–H groups in total. The number of thiophene rings is 1. The summed E-state index contributed by atoms with van der Waals surface area (Å²) in [6.45, 7) is 8.79. The third-order valence-corrected chi connectivity index (χ3v) is 6.69. The van der Waals surface area contributed by atoms with E-state index >= 15 is 0 Å². The SMILES string of the molecule is CCNC(=S)N1CCN(c2nc(C)nc3sc4c(c23)CCCC4)CC1. The van der Waals surface area contributed by atoms with E-state index in [2.05, 4.69) is 22.0 Å². The minimum Gasteiger partial charge on any atom is -0.363 e. The highest BCUT2D eigenvalue weighted by Crippen LogP contribution is 2.39. The van der Waals surface area contributed by atoms with Gasteiger partial charge in [-0.2, -0.15) is 0 Å². The molecule has 3 heterocycles. The molecule has 1 aliphatic heterocycles. The van der Waals surface area contributed by atoms with E-state index in [1.54, 1.807) is 0 Å². The second-order valence-corrected chi connectivity index (χ2v) is 8.27. The predicted molar refractivity (Wildman–Crippen MR) is 109 cm³/mol. The topological polar surface area (TPSA) is 44.3 Å². The van der Waals surface area contributed by atoms with Gasteiger partial charge in [-0.15, -0.1) is 11.3 Å². The lowest BCUT2D eigenvalue weighted by molar-refractivity contribution is 0.380. The fourth-order valence-corrected chi connectivity index (χ4v) is 5.48. The van der Waals surface area contributed by atoms with Gasteiger partial charge >= 0.3 is 0 Å². The summed E-state index contributed by atoms with van der Waals surface area (Å²) in [5, 5.41) is 5.46. The maximum Gasteiger partial charge on any atom is 0.169 e. The highest BCUT2D eigenvalue weighted by Gasteiger charge is 2.26. The number of hydrogen-bond donors (Lipinski definition) is 1. The Kier molecular flexibility index (Phi) is 4.78. The number of nitrogens with one attached hydrogen (secondary N) is 1. The van der Waals surface area contributed by atoms with Gasteiger partial charge in [0.2, 0.25) is 0 Å². The molecule has 0 atom stereocenters. The molecule has 7 heteroatoms. The van der Waals surface area contributed by atoms with Crippen molar-refractivity contribution >= 4 is 44.7 Å². The Hall–Kier alpha value is -1.47. The van der Waals surface area contributed by atoms with Crippen LogP contribution in [-0.2, 0) is 12.8 Å². The Balaban J connectivity index is 1.63. The van der Waals surface area contributed by atoms with E-state index in [9.17, 15) is 0 Å². The van der Waals surface area contributed by atoms with Crippen LogP contribution in [0, 0.1) is 6.92 Å². The molecule has 0 unspecified atom stereocenters. The van der Waals surface area contributed by atoms with E-state index in [1.165, 1.54) is 46.3 Å². The summed E-state index contributed by atoms with van der Waals surface area (Å²) in [5.41, 5.74) is 1.52. The molecular weight excluding hydrogens is 350 g/mol. The van der Waals surface area contributed by atoms with Crippen LogP contribution in [0.3, 0.4) is 0 Å². The number of thiocarbonyl (C=S) groups is 1. The molecule has 0 amide bonds. The first-order valence-corrected chi connectivity index (χ1v) is 10.5. The molecule has 0 saturated carbocycles. The molecule has 2 aromatic rings. The molecule has 25 heavy (non-hydrogen) atoms. The normalized spacial score (nSPS) is 17.7. The maximum absolute atomic E-state index is 5.46. The van der Waals surface area contributed by atoms with Crippen molar-refractivity contribution in [1.29, 1.82) is 0 Å². The van der Waals surface area contributed by atoms with Crippen LogP contribution >= 0.6 is 23.6 Å². The summed E-state index contributed by atoms with van der Waals surface area (Å²) in [6, 6.07) is 0. The molecule has 0 spiro atoms. The molecule has 4 rings (SSSR count). The minimum absolute atomic E-state index is 0.874. The van der Waals surface area contributed by atoms with Gasteiger partial charge in [-0.1, -0.05) is 0 Å². The van der Waals surface area contributed by atoms with Crippen LogP contribution in [0.2, 0.25) is 0 Å². The number of fused-ring (bicyclic) bond motifs is 3. The zero-order valence-electron chi connectivity index (χ0n) is 15.0. The average Bonchev–Trinajstić information content (AvgIpc) is 2.99.